The minimum absolute atomic E-state index is 0.0825. The van der Waals surface area contributed by atoms with Gasteiger partial charge < -0.3 is 5.11 Å². The van der Waals surface area contributed by atoms with Crippen molar-refractivity contribution in [2.75, 3.05) is 19.4 Å². The Morgan fingerprint density at radius 3 is 1.94 bits per heavy atom. The SMILES string of the molecule is CCN(CC)P1(F)=NP(F)(F)=NP(F)(CO)=N1. The average molecular weight is 314 g/mol. The molecule has 0 aromatic rings. The summed E-state index contributed by atoms with van der Waals surface area (Å²) >= 11 is 0. The molecule has 102 valence electrons. The number of halogens is 4. The van der Waals surface area contributed by atoms with Crippen LogP contribution >= 0.6 is 23.0 Å². The van der Waals surface area contributed by atoms with E-state index in [1.807, 2.05) is 0 Å². The first-order valence-corrected chi connectivity index (χ1v) is 9.54. The van der Waals surface area contributed by atoms with Crippen molar-refractivity contribution >= 4 is 23.0 Å². The number of hydrogen-bond donors (Lipinski definition) is 1. The van der Waals surface area contributed by atoms with E-state index in [-0.39, 0.29) is 13.1 Å². The minimum atomic E-state index is -5.37. The van der Waals surface area contributed by atoms with Crippen LogP contribution in [0.25, 0.3) is 0 Å². The maximum Gasteiger partial charge on any atom is 0.422 e. The van der Waals surface area contributed by atoms with Gasteiger partial charge >= 0.3 is 15.5 Å². The fourth-order valence-electron chi connectivity index (χ4n) is 1.28. The number of aliphatic hydroxyl groups excluding tert-OH is 1. The molecule has 0 radical (unpaired) electrons. The molecule has 17 heavy (non-hydrogen) atoms. The van der Waals surface area contributed by atoms with Crippen LogP contribution in [0.4, 0.5) is 16.8 Å². The third kappa shape index (κ3) is 3.42. The molecule has 0 aromatic carbocycles. The Hall–Kier alpha value is 0.330. The third-order valence-corrected chi connectivity index (χ3v) is 9.37. The highest BCUT2D eigenvalue weighted by Gasteiger charge is 2.40. The van der Waals surface area contributed by atoms with Crippen LogP contribution in [0.15, 0.2) is 13.5 Å². The van der Waals surface area contributed by atoms with Gasteiger partial charge in [0.15, 0.2) is 0 Å². The molecular formula is C5H13F4N4OP3. The molecule has 0 saturated heterocycles. The van der Waals surface area contributed by atoms with Crippen molar-refractivity contribution in [1.29, 1.82) is 0 Å². The lowest BCUT2D eigenvalue weighted by atomic mass is 10.7. The van der Waals surface area contributed by atoms with Gasteiger partial charge in [0.05, 0.1) is 0 Å². The number of rotatable bonds is 4. The fourth-order valence-corrected chi connectivity index (χ4v) is 8.57. The van der Waals surface area contributed by atoms with Gasteiger partial charge in [-0.1, -0.05) is 13.8 Å². The van der Waals surface area contributed by atoms with Gasteiger partial charge in [-0.15, -0.1) is 12.9 Å². The van der Waals surface area contributed by atoms with Gasteiger partial charge in [-0.2, -0.15) is 17.4 Å². The van der Waals surface area contributed by atoms with Crippen molar-refractivity contribution in [1.82, 2.24) is 4.67 Å². The van der Waals surface area contributed by atoms with Gasteiger partial charge in [0.2, 0.25) is 0 Å². The maximum absolute atomic E-state index is 14.3. The minimum Gasteiger partial charge on any atom is -0.386 e. The van der Waals surface area contributed by atoms with E-state index >= 15 is 0 Å². The normalized spacial score (nSPS) is 36.0. The van der Waals surface area contributed by atoms with Crippen molar-refractivity contribution in [2.24, 2.45) is 13.5 Å². The van der Waals surface area contributed by atoms with Gasteiger partial charge in [0.1, 0.15) is 6.35 Å². The van der Waals surface area contributed by atoms with Crippen molar-refractivity contribution in [3.8, 4) is 0 Å². The molecule has 1 heterocycles. The largest absolute Gasteiger partial charge is 0.422 e. The van der Waals surface area contributed by atoms with E-state index in [1.165, 1.54) is 13.8 Å². The summed E-state index contributed by atoms with van der Waals surface area (Å²) in [5, 5.41) is 8.70. The lowest BCUT2D eigenvalue weighted by Gasteiger charge is -2.27. The summed E-state index contributed by atoms with van der Waals surface area (Å²) < 4.78 is 63.6. The summed E-state index contributed by atoms with van der Waals surface area (Å²) in [6, 6.07) is 0. The smallest absolute Gasteiger partial charge is 0.386 e. The number of aliphatic hydroxyl groups is 1. The molecule has 2 unspecified atom stereocenters. The Kier molecular flexibility index (Phi) is 4.65. The molecule has 1 rings (SSSR count). The monoisotopic (exact) mass is 314 g/mol. The summed E-state index contributed by atoms with van der Waals surface area (Å²) in [5.41, 5.74) is 0. The van der Waals surface area contributed by atoms with E-state index in [0.29, 0.717) is 0 Å². The first-order valence-electron chi connectivity index (χ1n) is 4.76. The molecule has 1 aliphatic rings. The Morgan fingerprint density at radius 2 is 1.53 bits per heavy atom. The van der Waals surface area contributed by atoms with Crippen molar-refractivity contribution < 1.29 is 21.9 Å². The predicted octanol–water partition coefficient (Wildman–Crippen LogP) is 5.09. The van der Waals surface area contributed by atoms with Crippen LogP contribution in [-0.4, -0.2) is 29.2 Å². The van der Waals surface area contributed by atoms with E-state index in [0.717, 1.165) is 4.67 Å². The van der Waals surface area contributed by atoms with E-state index in [9.17, 15) is 16.8 Å². The molecule has 5 nitrogen and oxygen atoms in total. The third-order valence-electron chi connectivity index (χ3n) is 1.99. The first-order chi connectivity index (χ1) is 7.70. The van der Waals surface area contributed by atoms with Crippen molar-refractivity contribution in [2.45, 2.75) is 13.8 Å². The molecule has 0 saturated carbocycles. The molecule has 1 aliphatic heterocycles. The second-order valence-electron chi connectivity index (χ2n) is 3.14. The van der Waals surface area contributed by atoms with Gasteiger partial charge in [-0.25, -0.2) is 4.67 Å². The van der Waals surface area contributed by atoms with Crippen LogP contribution in [0.5, 0.6) is 0 Å². The molecule has 0 spiro atoms. The zero-order chi connectivity index (χ0) is 13.3. The maximum atomic E-state index is 14.3. The lowest BCUT2D eigenvalue weighted by Crippen LogP contribution is -2.17. The highest BCUT2D eigenvalue weighted by Crippen LogP contribution is 2.81. The molecular weight excluding hydrogens is 301 g/mol. The van der Waals surface area contributed by atoms with Crippen LogP contribution in [-0.2, 0) is 0 Å². The summed E-state index contributed by atoms with van der Waals surface area (Å²) in [6.45, 7) is 3.24. The topological polar surface area (TPSA) is 60.5 Å². The Labute approximate surface area is 97.1 Å². The van der Waals surface area contributed by atoms with E-state index in [4.69, 9.17) is 5.11 Å². The fraction of sp³-hybridized carbons (Fsp3) is 1.00. The number of nitrogens with zero attached hydrogens (tertiary/aromatic N) is 4. The highest BCUT2D eigenvalue weighted by atomic mass is 31.3. The molecule has 2 atom stereocenters. The summed E-state index contributed by atoms with van der Waals surface area (Å²) in [6.07, 6.45) is -1.30. The van der Waals surface area contributed by atoms with Gasteiger partial charge in [-0.05, 0) is 0 Å². The first kappa shape index (κ1) is 15.4. The molecule has 0 aliphatic carbocycles. The van der Waals surface area contributed by atoms with E-state index < -0.39 is 29.4 Å². The molecule has 0 bridgehead atoms. The lowest BCUT2D eigenvalue weighted by molar-refractivity contribution is 0.362. The molecule has 12 heteroatoms. The Morgan fingerprint density at radius 1 is 1.00 bits per heavy atom. The number of hydrogen-bond acceptors (Lipinski definition) is 5. The second kappa shape index (κ2) is 5.14. The second-order valence-corrected chi connectivity index (χ2v) is 9.33. The summed E-state index contributed by atoms with van der Waals surface area (Å²) in [5.74, 6) is 0. The Bertz CT molecular complexity index is 456. The summed E-state index contributed by atoms with van der Waals surface area (Å²) in [4.78, 5) is 0. The van der Waals surface area contributed by atoms with Crippen LogP contribution in [0, 0.1) is 0 Å². The highest BCUT2D eigenvalue weighted by molar-refractivity contribution is 7.80. The molecule has 0 aromatic heterocycles. The van der Waals surface area contributed by atoms with Crippen molar-refractivity contribution in [3.63, 3.8) is 0 Å². The van der Waals surface area contributed by atoms with Gasteiger partial charge in [0, 0.05) is 13.1 Å². The standard InChI is InChI=1S/C5H13F4N4OP3/c1-3-13(4-2)17(9)11-15(6,5-14)10-16(7,8)12-17/h14H,3-5H2,1-2H3. The van der Waals surface area contributed by atoms with Crippen LogP contribution in [0.2, 0.25) is 0 Å². The van der Waals surface area contributed by atoms with E-state index in [2.05, 4.69) is 13.5 Å². The van der Waals surface area contributed by atoms with Crippen LogP contribution in [0.3, 0.4) is 0 Å². The summed E-state index contributed by atoms with van der Waals surface area (Å²) in [7, 11) is -14.3. The van der Waals surface area contributed by atoms with Gasteiger partial charge in [0.25, 0.3) is 7.52 Å². The molecule has 1 N–H and O–H groups in total. The predicted molar refractivity (Wildman–Crippen MR) is 62.5 cm³/mol. The zero-order valence-corrected chi connectivity index (χ0v) is 11.9. The zero-order valence-electron chi connectivity index (χ0n) is 9.21. The molecule has 0 fully saturated rings. The van der Waals surface area contributed by atoms with E-state index in [1.54, 1.807) is 0 Å². The van der Waals surface area contributed by atoms with Crippen LogP contribution in [0.1, 0.15) is 13.8 Å². The average Bonchev–Trinajstić information content (AvgIpc) is 2.15. The molecule has 0 amide bonds. The van der Waals surface area contributed by atoms with Crippen molar-refractivity contribution in [3.05, 3.63) is 0 Å². The quantitative estimate of drug-likeness (QED) is 0.580. The Balaban J connectivity index is 3.46. The van der Waals surface area contributed by atoms with Gasteiger partial charge in [-0.3, -0.25) is 0 Å². The van der Waals surface area contributed by atoms with Crippen LogP contribution < -0.4 is 0 Å².